The van der Waals surface area contributed by atoms with Gasteiger partial charge in [-0.25, -0.2) is 4.79 Å². The molecule has 0 aliphatic rings. The highest BCUT2D eigenvalue weighted by Gasteiger charge is 2.28. The number of aliphatic carboxylic acids is 3. The van der Waals surface area contributed by atoms with E-state index >= 15 is 0 Å². The number of carboxylic acids is 3. The molecule has 0 saturated carbocycles. The first kappa shape index (κ1) is 27.2. The fraction of sp³-hybridized carbons (Fsp3) is 0.562. The fourth-order valence-electron chi connectivity index (χ4n) is 2.15. The monoisotopic (exact) mass is 447 g/mol. The van der Waals surface area contributed by atoms with E-state index in [4.69, 9.17) is 26.8 Å². The van der Waals surface area contributed by atoms with Gasteiger partial charge in [0, 0.05) is 12.8 Å². The van der Waals surface area contributed by atoms with E-state index < -0.39 is 85.5 Å². The van der Waals surface area contributed by atoms with Crippen LogP contribution in [0.15, 0.2) is 0 Å². The van der Waals surface area contributed by atoms with Crippen LogP contribution >= 0.6 is 0 Å². The van der Waals surface area contributed by atoms with Crippen LogP contribution in [-0.4, -0.2) is 81.5 Å². The second-order valence-corrected chi connectivity index (χ2v) is 6.38. The topological polar surface area (TPSA) is 268 Å². The molecule has 0 heterocycles. The first-order chi connectivity index (χ1) is 14.3. The largest absolute Gasteiger partial charge is 0.481 e. The van der Waals surface area contributed by atoms with Crippen LogP contribution in [0.25, 0.3) is 0 Å². The molecule has 15 heteroatoms. The highest BCUT2D eigenvalue weighted by molar-refractivity contribution is 5.94. The number of hydrogen-bond donors (Lipinski definition) is 8. The number of rotatable bonds is 15. The fourth-order valence-corrected chi connectivity index (χ4v) is 2.15. The van der Waals surface area contributed by atoms with Crippen LogP contribution in [0.5, 0.6) is 0 Å². The van der Waals surface area contributed by atoms with Crippen molar-refractivity contribution in [2.24, 2.45) is 11.5 Å². The van der Waals surface area contributed by atoms with Gasteiger partial charge < -0.3 is 42.7 Å². The number of carbonyl (C=O) groups excluding carboxylic acids is 4. The van der Waals surface area contributed by atoms with Gasteiger partial charge in [0.2, 0.25) is 23.6 Å². The summed E-state index contributed by atoms with van der Waals surface area (Å²) in [6.07, 6.45) is -2.18. The molecule has 0 saturated heterocycles. The van der Waals surface area contributed by atoms with Gasteiger partial charge >= 0.3 is 17.9 Å². The summed E-state index contributed by atoms with van der Waals surface area (Å²) in [6.45, 7) is -0.687. The molecule has 174 valence electrons. The molecule has 15 nitrogen and oxygen atoms in total. The Hall–Kier alpha value is -3.75. The minimum Gasteiger partial charge on any atom is -0.481 e. The highest BCUT2D eigenvalue weighted by Crippen LogP contribution is 2.01. The standard InChI is InChI=1S/C16H25N5O10/c17-7(1-3-10(18)22)14(28)19-6-11(23)20-9(5-13(26)27)15(29)21-8(16(30)31)2-4-12(24)25/h7-9H,1-6,17H2,(H2,18,22)(H,19,28)(H,20,23)(H,21,29)(H,24,25)(H,26,27)(H,30,31). The number of carbonyl (C=O) groups is 7. The molecule has 0 aromatic heterocycles. The third-order valence-electron chi connectivity index (χ3n) is 3.75. The molecule has 0 aliphatic heterocycles. The summed E-state index contributed by atoms with van der Waals surface area (Å²) in [6, 6.07) is -4.46. The van der Waals surface area contributed by atoms with Crippen molar-refractivity contribution < 1.29 is 48.9 Å². The number of nitrogens with one attached hydrogen (secondary N) is 3. The molecule has 0 rings (SSSR count). The molecule has 0 fully saturated rings. The lowest BCUT2D eigenvalue weighted by Crippen LogP contribution is -2.54. The lowest BCUT2D eigenvalue weighted by Gasteiger charge is -2.20. The summed E-state index contributed by atoms with van der Waals surface area (Å²) in [4.78, 5) is 79.3. The molecule has 0 radical (unpaired) electrons. The van der Waals surface area contributed by atoms with Gasteiger partial charge in [0.25, 0.3) is 0 Å². The number of nitrogens with two attached hydrogens (primary N) is 2. The van der Waals surface area contributed by atoms with E-state index in [9.17, 15) is 33.6 Å². The van der Waals surface area contributed by atoms with Gasteiger partial charge in [-0.15, -0.1) is 0 Å². The highest BCUT2D eigenvalue weighted by atomic mass is 16.4. The van der Waals surface area contributed by atoms with E-state index in [2.05, 4.69) is 5.32 Å². The van der Waals surface area contributed by atoms with E-state index in [0.717, 1.165) is 0 Å². The summed E-state index contributed by atoms with van der Waals surface area (Å²) in [7, 11) is 0. The van der Waals surface area contributed by atoms with Gasteiger partial charge in [-0.3, -0.25) is 28.8 Å². The Morgan fingerprint density at radius 1 is 0.774 bits per heavy atom. The Labute approximate surface area is 175 Å². The van der Waals surface area contributed by atoms with E-state index in [1.165, 1.54) is 0 Å². The Morgan fingerprint density at radius 2 is 1.39 bits per heavy atom. The summed E-state index contributed by atoms with van der Waals surface area (Å²) in [5, 5.41) is 32.7. The number of hydrogen-bond acceptors (Lipinski definition) is 8. The average molecular weight is 447 g/mol. The van der Waals surface area contributed by atoms with Gasteiger partial charge in [-0.1, -0.05) is 0 Å². The quantitative estimate of drug-likeness (QED) is 0.120. The van der Waals surface area contributed by atoms with E-state index in [1.54, 1.807) is 0 Å². The van der Waals surface area contributed by atoms with Crippen molar-refractivity contribution in [3.8, 4) is 0 Å². The minimum atomic E-state index is -1.70. The molecule has 0 aromatic rings. The lowest BCUT2D eigenvalue weighted by molar-refractivity contribution is -0.144. The maximum atomic E-state index is 12.2. The van der Waals surface area contributed by atoms with Crippen molar-refractivity contribution in [2.45, 2.75) is 50.2 Å². The predicted octanol–water partition coefficient (Wildman–Crippen LogP) is -3.91. The number of primary amides is 1. The third-order valence-corrected chi connectivity index (χ3v) is 3.75. The maximum absolute atomic E-state index is 12.2. The first-order valence-corrected chi connectivity index (χ1v) is 8.91. The van der Waals surface area contributed by atoms with Crippen molar-refractivity contribution in [2.75, 3.05) is 6.54 Å². The average Bonchev–Trinajstić information content (AvgIpc) is 2.65. The summed E-state index contributed by atoms with van der Waals surface area (Å²) in [5.74, 6) is -7.96. The molecule has 31 heavy (non-hydrogen) atoms. The number of amides is 4. The van der Waals surface area contributed by atoms with E-state index in [1.807, 2.05) is 10.6 Å². The van der Waals surface area contributed by atoms with Crippen LogP contribution in [0.1, 0.15) is 32.1 Å². The molecule has 4 amide bonds. The van der Waals surface area contributed by atoms with Gasteiger partial charge in [-0.2, -0.15) is 0 Å². The summed E-state index contributed by atoms with van der Waals surface area (Å²) >= 11 is 0. The van der Waals surface area contributed by atoms with Crippen molar-refractivity contribution in [3.63, 3.8) is 0 Å². The molecule has 3 unspecified atom stereocenters. The molecule has 0 spiro atoms. The Morgan fingerprint density at radius 3 is 1.87 bits per heavy atom. The van der Waals surface area contributed by atoms with Crippen LogP contribution in [0.4, 0.5) is 0 Å². The van der Waals surface area contributed by atoms with E-state index in [0.29, 0.717) is 0 Å². The maximum Gasteiger partial charge on any atom is 0.326 e. The Bertz CT molecular complexity index is 726. The van der Waals surface area contributed by atoms with Crippen LogP contribution in [0, 0.1) is 0 Å². The van der Waals surface area contributed by atoms with Crippen molar-refractivity contribution in [3.05, 3.63) is 0 Å². The molecule has 0 aliphatic carbocycles. The Balaban J connectivity index is 4.90. The normalized spacial score (nSPS) is 13.2. The van der Waals surface area contributed by atoms with Crippen molar-refractivity contribution in [1.29, 1.82) is 0 Å². The Kier molecular flexibility index (Phi) is 11.8. The van der Waals surface area contributed by atoms with Crippen LogP contribution in [0.3, 0.4) is 0 Å². The summed E-state index contributed by atoms with van der Waals surface area (Å²) in [5.41, 5.74) is 10.4. The van der Waals surface area contributed by atoms with Crippen LogP contribution in [0.2, 0.25) is 0 Å². The smallest absolute Gasteiger partial charge is 0.326 e. The third kappa shape index (κ3) is 12.4. The van der Waals surface area contributed by atoms with Gasteiger partial charge in [-0.05, 0) is 12.8 Å². The minimum absolute atomic E-state index is 0.0697. The summed E-state index contributed by atoms with van der Waals surface area (Å²) < 4.78 is 0. The molecule has 0 bridgehead atoms. The van der Waals surface area contributed by atoms with Crippen molar-refractivity contribution >= 4 is 41.5 Å². The predicted molar refractivity (Wildman–Crippen MR) is 100 cm³/mol. The molecule has 3 atom stereocenters. The van der Waals surface area contributed by atoms with Gasteiger partial charge in [0.15, 0.2) is 0 Å². The zero-order valence-corrected chi connectivity index (χ0v) is 16.3. The lowest BCUT2D eigenvalue weighted by atomic mass is 10.1. The SMILES string of the molecule is NC(=O)CCC(N)C(=O)NCC(=O)NC(CC(=O)O)C(=O)NC(CCC(=O)O)C(=O)O. The second kappa shape index (κ2) is 13.5. The van der Waals surface area contributed by atoms with Crippen LogP contribution in [-0.2, 0) is 33.6 Å². The van der Waals surface area contributed by atoms with Crippen molar-refractivity contribution in [1.82, 2.24) is 16.0 Å². The second-order valence-electron chi connectivity index (χ2n) is 6.38. The van der Waals surface area contributed by atoms with Gasteiger partial charge in [0.1, 0.15) is 12.1 Å². The first-order valence-electron chi connectivity index (χ1n) is 8.91. The molecular weight excluding hydrogens is 422 g/mol. The van der Waals surface area contributed by atoms with E-state index in [-0.39, 0.29) is 12.8 Å². The van der Waals surface area contributed by atoms with Gasteiger partial charge in [0.05, 0.1) is 19.0 Å². The molecule has 10 N–H and O–H groups in total. The van der Waals surface area contributed by atoms with Crippen LogP contribution < -0.4 is 27.4 Å². The molecule has 0 aromatic carbocycles. The zero-order chi connectivity index (χ0) is 24.1. The molecular formula is C16H25N5O10. The zero-order valence-electron chi connectivity index (χ0n) is 16.3. The number of carboxylic acid groups (broad SMARTS) is 3.